The third-order valence-corrected chi connectivity index (χ3v) is 6.56. The van der Waals surface area contributed by atoms with Gasteiger partial charge in [0.05, 0.1) is 5.56 Å². The Morgan fingerprint density at radius 3 is 2.32 bits per heavy atom. The molecule has 166 valence electrons. The molecule has 0 amide bonds. The summed E-state index contributed by atoms with van der Waals surface area (Å²) in [5.74, 6) is 0.543. The van der Waals surface area contributed by atoms with Crippen LogP contribution in [0.5, 0.6) is 0 Å². The molecule has 0 N–H and O–H groups in total. The van der Waals surface area contributed by atoms with Crippen LogP contribution in [0.2, 0.25) is 0 Å². The Hall–Kier alpha value is -2.27. The highest BCUT2D eigenvalue weighted by atomic mass is 19.4. The number of halogens is 3. The molecule has 1 aliphatic rings. The van der Waals surface area contributed by atoms with Gasteiger partial charge < -0.3 is 9.47 Å². The summed E-state index contributed by atoms with van der Waals surface area (Å²) in [5, 5.41) is 1.28. The third kappa shape index (κ3) is 5.15. The summed E-state index contributed by atoms with van der Waals surface area (Å²) in [7, 11) is 0. The lowest BCUT2D eigenvalue weighted by molar-refractivity contribution is -0.137. The van der Waals surface area contributed by atoms with Crippen molar-refractivity contribution < 1.29 is 13.2 Å². The van der Waals surface area contributed by atoms with Crippen molar-refractivity contribution in [2.45, 2.75) is 57.7 Å². The Bertz CT molecular complexity index is 980. The Kier molecular flexibility index (Phi) is 6.71. The van der Waals surface area contributed by atoms with Crippen LogP contribution in [0.15, 0.2) is 54.7 Å². The number of rotatable bonds is 7. The van der Waals surface area contributed by atoms with Crippen molar-refractivity contribution in [1.82, 2.24) is 9.47 Å². The van der Waals surface area contributed by atoms with Crippen LogP contribution in [0, 0.1) is 0 Å². The predicted molar refractivity (Wildman–Crippen MR) is 120 cm³/mol. The zero-order valence-corrected chi connectivity index (χ0v) is 18.2. The van der Waals surface area contributed by atoms with E-state index in [0.717, 1.165) is 24.2 Å². The Morgan fingerprint density at radius 2 is 1.65 bits per heavy atom. The standard InChI is InChI=1S/C26H31F3N2/c1-2-3-6-15-30-16-13-21(14-17-30)24-19-31(25-8-5-4-7-23(24)25)18-20-9-11-22(12-10-20)26(27,28)29/h4-5,7-12,19,21H,2-3,6,13-18H2,1H3. The zero-order valence-electron chi connectivity index (χ0n) is 18.2. The minimum absolute atomic E-state index is 0.543. The molecular formula is C26H31F3N2. The summed E-state index contributed by atoms with van der Waals surface area (Å²) < 4.78 is 40.8. The summed E-state index contributed by atoms with van der Waals surface area (Å²) >= 11 is 0. The smallest absolute Gasteiger partial charge is 0.343 e. The van der Waals surface area contributed by atoms with E-state index >= 15 is 0 Å². The fourth-order valence-electron chi connectivity index (χ4n) is 4.78. The van der Waals surface area contributed by atoms with Crippen molar-refractivity contribution in [3.05, 3.63) is 71.4 Å². The van der Waals surface area contributed by atoms with Crippen LogP contribution >= 0.6 is 0 Å². The summed E-state index contributed by atoms with van der Waals surface area (Å²) in [5.41, 5.74) is 2.82. The van der Waals surface area contributed by atoms with Crippen LogP contribution in [-0.4, -0.2) is 29.1 Å². The maximum absolute atomic E-state index is 12.9. The van der Waals surface area contributed by atoms with Gasteiger partial charge in [-0.3, -0.25) is 0 Å². The van der Waals surface area contributed by atoms with Crippen LogP contribution in [-0.2, 0) is 12.7 Å². The summed E-state index contributed by atoms with van der Waals surface area (Å²) in [4.78, 5) is 2.59. The molecule has 2 aromatic carbocycles. The van der Waals surface area contributed by atoms with E-state index in [2.05, 4.69) is 40.8 Å². The molecule has 2 nitrogen and oxygen atoms in total. The number of hydrogen-bond acceptors (Lipinski definition) is 1. The average molecular weight is 429 g/mol. The van der Waals surface area contributed by atoms with Gasteiger partial charge in [-0.1, -0.05) is 50.1 Å². The van der Waals surface area contributed by atoms with Gasteiger partial charge in [0, 0.05) is 23.6 Å². The van der Waals surface area contributed by atoms with Crippen molar-refractivity contribution in [3.63, 3.8) is 0 Å². The fraction of sp³-hybridized carbons (Fsp3) is 0.462. The first kappa shape index (κ1) is 21.9. The second kappa shape index (κ2) is 9.47. The average Bonchev–Trinajstić information content (AvgIpc) is 3.13. The number of hydrogen-bond donors (Lipinski definition) is 0. The van der Waals surface area contributed by atoms with Crippen LogP contribution in [0.25, 0.3) is 10.9 Å². The molecule has 0 atom stereocenters. The Morgan fingerprint density at radius 1 is 0.935 bits per heavy atom. The monoisotopic (exact) mass is 428 g/mol. The second-order valence-corrected chi connectivity index (χ2v) is 8.75. The molecule has 1 aliphatic heterocycles. The van der Waals surface area contributed by atoms with E-state index in [1.54, 1.807) is 12.1 Å². The molecule has 0 bridgehead atoms. The molecule has 0 radical (unpaired) electrons. The SMILES string of the molecule is CCCCCN1CCC(c2cn(Cc3ccc(C(F)(F)F)cc3)c3ccccc23)CC1. The van der Waals surface area contributed by atoms with E-state index in [1.165, 1.54) is 61.7 Å². The number of likely N-dealkylation sites (tertiary alicyclic amines) is 1. The van der Waals surface area contributed by atoms with E-state index in [1.807, 2.05) is 6.07 Å². The Labute approximate surface area is 182 Å². The van der Waals surface area contributed by atoms with Crippen LogP contribution in [0.1, 0.15) is 61.6 Å². The van der Waals surface area contributed by atoms with E-state index in [9.17, 15) is 13.2 Å². The summed E-state index contributed by atoms with van der Waals surface area (Å²) in [6, 6.07) is 13.9. The topological polar surface area (TPSA) is 8.17 Å². The van der Waals surface area contributed by atoms with E-state index in [-0.39, 0.29) is 0 Å². The molecule has 0 aliphatic carbocycles. The third-order valence-electron chi connectivity index (χ3n) is 6.56. The lowest BCUT2D eigenvalue weighted by Crippen LogP contribution is -2.33. The van der Waals surface area contributed by atoms with Gasteiger partial charge in [-0.25, -0.2) is 0 Å². The molecule has 2 heterocycles. The number of fused-ring (bicyclic) bond motifs is 1. The van der Waals surface area contributed by atoms with Gasteiger partial charge in [0.2, 0.25) is 0 Å². The maximum Gasteiger partial charge on any atom is 0.416 e. The molecule has 1 aromatic heterocycles. The van der Waals surface area contributed by atoms with Crippen molar-refractivity contribution >= 4 is 10.9 Å². The van der Waals surface area contributed by atoms with Gasteiger partial charge in [0.25, 0.3) is 0 Å². The van der Waals surface area contributed by atoms with Crippen molar-refractivity contribution in [3.8, 4) is 0 Å². The van der Waals surface area contributed by atoms with Gasteiger partial charge in [-0.05, 0) is 74.1 Å². The highest BCUT2D eigenvalue weighted by molar-refractivity contribution is 5.84. The van der Waals surface area contributed by atoms with Crippen LogP contribution < -0.4 is 0 Å². The minimum Gasteiger partial charge on any atom is -0.343 e. The van der Waals surface area contributed by atoms with Gasteiger partial charge in [-0.2, -0.15) is 13.2 Å². The van der Waals surface area contributed by atoms with Gasteiger partial charge in [0.15, 0.2) is 0 Å². The van der Waals surface area contributed by atoms with Crippen LogP contribution in [0.4, 0.5) is 13.2 Å². The lowest BCUT2D eigenvalue weighted by Gasteiger charge is -2.32. The maximum atomic E-state index is 12.9. The molecule has 3 aromatic rings. The Balaban J connectivity index is 1.50. The number of para-hydroxylation sites is 1. The quantitative estimate of drug-likeness (QED) is 0.365. The molecule has 0 spiro atoms. The molecule has 0 unspecified atom stereocenters. The molecular weight excluding hydrogens is 397 g/mol. The van der Waals surface area contributed by atoms with Gasteiger partial charge in [0.1, 0.15) is 0 Å². The molecule has 4 rings (SSSR count). The number of unbranched alkanes of at least 4 members (excludes halogenated alkanes) is 2. The number of alkyl halides is 3. The van der Waals surface area contributed by atoms with Crippen LogP contribution in [0.3, 0.4) is 0 Å². The zero-order chi connectivity index (χ0) is 21.8. The second-order valence-electron chi connectivity index (χ2n) is 8.75. The summed E-state index contributed by atoms with van der Waals surface area (Å²) in [6.45, 7) is 6.32. The molecule has 1 saturated heterocycles. The predicted octanol–water partition coefficient (Wildman–Crippen LogP) is 7.08. The molecule has 1 fully saturated rings. The first-order chi connectivity index (χ1) is 15.0. The van der Waals surface area contributed by atoms with Crippen molar-refractivity contribution in [2.75, 3.05) is 19.6 Å². The summed E-state index contributed by atoms with van der Waals surface area (Å²) in [6.07, 6.45) is 4.12. The molecule has 31 heavy (non-hydrogen) atoms. The first-order valence-corrected chi connectivity index (χ1v) is 11.4. The van der Waals surface area contributed by atoms with E-state index in [0.29, 0.717) is 12.5 Å². The molecule has 5 heteroatoms. The van der Waals surface area contributed by atoms with E-state index < -0.39 is 11.7 Å². The number of piperidine rings is 1. The minimum atomic E-state index is -4.29. The van der Waals surface area contributed by atoms with Crippen molar-refractivity contribution in [2.24, 2.45) is 0 Å². The number of aromatic nitrogens is 1. The first-order valence-electron chi connectivity index (χ1n) is 11.4. The fourth-order valence-corrected chi connectivity index (χ4v) is 4.78. The van der Waals surface area contributed by atoms with Gasteiger partial charge >= 0.3 is 6.18 Å². The number of nitrogens with zero attached hydrogens (tertiary/aromatic N) is 2. The van der Waals surface area contributed by atoms with E-state index in [4.69, 9.17) is 0 Å². The lowest BCUT2D eigenvalue weighted by atomic mass is 9.89. The normalized spacial score (nSPS) is 16.3. The molecule has 0 saturated carbocycles. The van der Waals surface area contributed by atoms with Gasteiger partial charge in [-0.15, -0.1) is 0 Å². The highest BCUT2D eigenvalue weighted by Gasteiger charge is 2.30. The number of benzene rings is 2. The largest absolute Gasteiger partial charge is 0.416 e. The van der Waals surface area contributed by atoms with Crippen molar-refractivity contribution in [1.29, 1.82) is 0 Å². The highest BCUT2D eigenvalue weighted by Crippen LogP contribution is 2.35.